The van der Waals surface area contributed by atoms with Gasteiger partial charge >= 0.3 is 0 Å². The van der Waals surface area contributed by atoms with Gasteiger partial charge in [-0.1, -0.05) is 35.4 Å². The van der Waals surface area contributed by atoms with Crippen molar-refractivity contribution in [1.29, 1.82) is 0 Å². The Balaban J connectivity index is 3.07. The zero-order chi connectivity index (χ0) is 7.33. The Bertz CT molecular complexity index is 69.9. The molecule has 0 unspecified atom stereocenters. The van der Waals surface area contributed by atoms with Crippen LogP contribution in [0.1, 0.15) is 12.8 Å². The highest BCUT2D eigenvalue weighted by atomic mass is 79.9. The molecule has 3 heteroatoms. The molecule has 0 N–H and O–H groups in total. The molecule has 0 aliphatic carbocycles. The quantitative estimate of drug-likeness (QED) is 0.299. The summed E-state index contributed by atoms with van der Waals surface area (Å²) in [4.78, 5) is 0. The number of unbranched alkanes of at least 4 members (excludes halogenated alkanes) is 1. The van der Waals surface area contributed by atoms with Crippen LogP contribution in [-0.4, -0.2) is 12.7 Å². The van der Waals surface area contributed by atoms with E-state index in [1.165, 1.54) is 18.9 Å². The van der Waals surface area contributed by atoms with Crippen LogP contribution >= 0.6 is 27.0 Å². The van der Waals surface area contributed by atoms with Crippen LogP contribution in [0.25, 0.3) is 0 Å². The molecule has 0 saturated heterocycles. The molecule has 0 heterocycles. The highest BCUT2D eigenvalue weighted by molar-refractivity contribution is 9.09. The molecule has 0 amide bonds. The molecule has 0 aromatic heterocycles. The predicted molar refractivity (Wildman–Crippen MR) is 51.2 cm³/mol. The van der Waals surface area contributed by atoms with Crippen LogP contribution in [0, 0.1) is 0 Å². The second-order valence-corrected chi connectivity index (χ2v) is 10.7. The lowest BCUT2D eigenvalue weighted by molar-refractivity contribution is 0.888. The molecule has 9 heavy (non-hydrogen) atoms. The van der Waals surface area contributed by atoms with Crippen molar-refractivity contribution in [2.24, 2.45) is 0 Å². The van der Waals surface area contributed by atoms with E-state index in [-0.39, 0.29) is 0 Å². The Morgan fingerprint density at radius 1 is 1.33 bits per heavy atom. The topological polar surface area (TPSA) is 0 Å². The van der Waals surface area contributed by atoms with Crippen molar-refractivity contribution in [2.45, 2.75) is 32.0 Å². The lowest BCUT2D eigenvalue weighted by Crippen LogP contribution is -2.14. The number of alkyl halides is 1. The average molecular weight is 230 g/mol. The maximum atomic E-state index is 6.09. The van der Waals surface area contributed by atoms with E-state index in [0.717, 1.165) is 5.33 Å². The maximum absolute atomic E-state index is 6.09. The van der Waals surface area contributed by atoms with Gasteiger partial charge in [0.15, 0.2) is 0 Å². The molecular formula is C6H14BrClSi. The molecular weight excluding hydrogens is 216 g/mol. The lowest BCUT2D eigenvalue weighted by atomic mass is 10.4. The Labute approximate surface area is 71.8 Å². The van der Waals surface area contributed by atoms with E-state index in [0.29, 0.717) is 0 Å². The Hall–Kier alpha value is 0.987. The normalized spacial score (nSPS) is 12.0. The molecule has 0 nitrogen and oxygen atoms in total. The van der Waals surface area contributed by atoms with E-state index in [4.69, 9.17) is 11.1 Å². The number of hydrogen-bond donors (Lipinski definition) is 0. The molecule has 0 radical (unpaired) electrons. The smallest absolute Gasteiger partial charge is 0.150 e. The summed E-state index contributed by atoms with van der Waals surface area (Å²) in [6.07, 6.45) is 2.55. The molecule has 0 spiro atoms. The van der Waals surface area contributed by atoms with Crippen molar-refractivity contribution in [3.8, 4) is 0 Å². The van der Waals surface area contributed by atoms with E-state index in [1.54, 1.807) is 0 Å². The van der Waals surface area contributed by atoms with Crippen molar-refractivity contribution in [3.63, 3.8) is 0 Å². The van der Waals surface area contributed by atoms with Gasteiger partial charge in [0.25, 0.3) is 0 Å². The van der Waals surface area contributed by atoms with E-state index in [2.05, 4.69) is 29.0 Å². The van der Waals surface area contributed by atoms with Crippen LogP contribution in [-0.2, 0) is 0 Å². The fourth-order valence-electron chi connectivity index (χ4n) is 0.640. The van der Waals surface area contributed by atoms with Gasteiger partial charge in [-0.05, 0) is 12.5 Å². The average Bonchev–Trinajstić information content (AvgIpc) is 1.63. The second-order valence-electron chi connectivity index (χ2n) is 2.86. The standard InChI is InChI=1S/C6H14BrClSi/c1-9(2,8)6-4-3-5-7/h3-6H2,1-2H3. The first-order valence-corrected chi connectivity index (χ1v) is 8.65. The Morgan fingerprint density at radius 2 is 1.89 bits per heavy atom. The minimum Gasteiger partial charge on any atom is -0.168 e. The number of hydrogen-bond acceptors (Lipinski definition) is 0. The van der Waals surface area contributed by atoms with E-state index in [9.17, 15) is 0 Å². The first kappa shape index (κ1) is 9.99. The van der Waals surface area contributed by atoms with Gasteiger partial charge in [0.1, 0.15) is 7.38 Å². The van der Waals surface area contributed by atoms with Gasteiger partial charge in [0.2, 0.25) is 0 Å². The largest absolute Gasteiger partial charge is 0.168 e. The Morgan fingerprint density at radius 3 is 2.22 bits per heavy atom. The third-order valence-electron chi connectivity index (χ3n) is 1.15. The van der Waals surface area contributed by atoms with Crippen molar-refractivity contribution >= 4 is 34.4 Å². The van der Waals surface area contributed by atoms with Gasteiger partial charge in [-0.3, -0.25) is 0 Å². The minimum atomic E-state index is -1.24. The predicted octanol–water partition coefficient (Wildman–Crippen LogP) is 3.61. The SMILES string of the molecule is C[Si](C)(Cl)CCCCBr. The summed E-state index contributed by atoms with van der Waals surface area (Å²) in [5, 5.41) is 1.12. The molecule has 0 aromatic carbocycles. The van der Waals surface area contributed by atoms with Crippen molar-refractivity contribution < 1.29 is 0 Å². The zero-order valence-electron chi connectivity index (χ0n) is 6.08. The fourth-order valence-corrected chi connectivity index (χ4v) is 2.53. The van der Waals surface area contributed by atoms with E-state index < -0.39 is 7.38 Å². The molecule has 0 bridgehead atoms. The van der Waals surface area contributed by atoms with Crippen LogP contribution in [0.4, 0.5) is 0 Å². The molecule has 0 fully saturated rings. The van der Waals surface area contributed by atoms with Gasteiger partial charge in [0, 0.05) is 5.33 Å². The Kier molecular flexibility index (Phi) is 5.27. The minimum absolute atomic E-state index is 1.12. The van der Waals surface area contributed by atoms with Gasteiger partial charge in [-0.2, -0.15) is 11.1 Å². The molecule has 0 aromatic rings. The third-order valence-corrected chi connectivity index (χ3v) is 3.83. The molecule has 0 atom stereocenters. The van der Waals surface area contributed by atoms with Crippen molar-refractivity contribution in [2.75, 3.05) is 5.33 Å². The molecule has 0 saturated carbocycles. The van der Waals surface area contributed by atoms with Crippen molar-refractivity contribution in [3.05, 3.63) is 0 Å². The highest BCUT2D eigenvalue weighted by Crippen LogP contribution is 2.17. The number of rotatable bonds is 4. The third kappa shape index (κ3) is 8.99. The highest BCUT2D eigenvalue weighted by Gasteiger charge is 2.14. The van der Waals surface area contributed by atoms with Crippen LogP contribution in [0.3, 0.4) is 0 Å². The first-order chi connectivity index (χ1) is 4.06. The van der Waals surface area contributed by atoms with Crippen molar-refractivity contribution in [1.82, 2.24) is 0 Å². The van der Waals surface area contributed by atoms with Crippen LogP contribution in [0.15, 0.2) is 0 Å². The first-order valence-electron chi connectivity index (χ1n) is 3.31. The summed E-state index contributed by atoms with van der Waals surface area (Å²) < 4.78 is 0. The molecule has 0 rings (SSSR count). The van der Waals surface area contributed by atoms with Crippen LogP contribution in [0.2, 0.25) is 19.1 Å². The molecule has 56 valence electrons. The summed E-state index contributed by atoms with van der Waals surface area (Å²) in [5.74, 6) is 0. The van der Waals surface area contributed by atoms with E-state index in [1.807, 2.05) is 0 Å². The molecule has 0 aliphatic rings. The summed E-state index contributed by atoms with van der Waals surface area (Å²) in [5.41, 5.74) is 0. The van der Waals surface area contributed by atoms with Gasteiger partial charge < -0.3 is 0 Å². The van der Waals surface area contributed by atoms with Gasteiger partial charge in [-0.15, -0.1) is 0 Å². The summed E-state index contributed by atoms with van der Waals surface area (Å²) in [6, 6.07) is 1.25. The second kappa shape index (κ2) is 4.75. The summed E-state index contributed by atoms with van der Waals surface area (Å²) in [7, 11) is -1.24. The maximum Gasteiger partial charge on any atom is 0.150 e. The summed E-state index contributed by atoms with van der Waals surface area (Å²) in [6.45, 7) is 4.39. The summed E-state index contributed by atoms with van der Waals surface area (Å²) >= 11 is 9.48. The zero-order valence-corrected chi connectivity index (χ0v) is 9.43. The monoisotopic (exact) mass is 228 g/mol. The van der Waals surface area contributed by atoms with E-state index >= 15 is 0 Å². The fraction of sp³-hybridized carbons (Fsp3) is 1.00. The lowest BCUT2D eigenvalue weighted by Gasteiger charge is -2.10. The van der Waals surface area contributed by atoms with Crippen LogP contribution < -0.4 is 0 Å². The van der Waals surface area contributed by atoms with Crippen LogP contribution in [0.5, 0.6) is 0 Å². The number of halogens is 2. The molecule has 0 aliphatic heterocycles. The van der Waals surface area contributed by atoms with Gasteiger partial charge in [0.05, 0.1) is 0 Å². The van der Waals surface area contributed by atoms with Gasteiger partial charge in [-0.25, -0.2) is 0 Å².